The van der Waals surface area contributed by atoms with Gasteiger partial charge in [-0.05, 0) is 65.4 Å². The highest BCUT2D eigenvalue weighted by atomic mass is 32.2. The van der Waals surface area contributed by atoms with Crippen LogP contribution in [0.15, 0.2) is 65.6 Å². The number of fused-ring (bicyclic) bond motifs is 3. The summed E-state index contributed by atoms with van der Waals surface area (Å²) < 4.78 is 27.8. The van der Waals surface area contributed by atoms with Crippen molar-refractivity contribution in [2.24, 2.45) is 0 Å². The maximum Gasteiger partial charge on any atom is 0.265 e. The van der Waals surface area contributed by atoms with Gasteiger partial charge < -0.3 is 5.11 Å². The number of rotatable bonds is 3. The molecule has 0 unspecified atom stereocenters. The molecule has 1 aliphatic rings. The number of benzene rings is 3. The van der Waals surface area contributed by atoms with Gasteiger partial charge in [0.05, 0.1) is 0 Å². The molecule has 4 nitrogen and oxygen atoms in total. The summed E-state index contributed by atoms with van der Waals surface area (Å²) in [5.41, 5.74) is 5.93. The summed E-state index contributed by atoms with van der Waals surface area (Å²) in [6.07, 6.45) is 0.788. The van der Waals surface area contributed by atoms with Crippen LogP contribution >= 0.6 is 0 Å². The van der Waals surface area contributed by atoms with Gasteiger partial charge in [0.1, 0.15) is 10.6 Å². The molecule has 0 amide bonds. The Morgan fingerprint density at radius 1 is 0.920 bits per heavy atom. The number of hydrogen-bond acceptors (Lipinski definition) is 3. The van der Waals surface area contributed by atoms with Crippen molar-refractivity contribution < 1.29 is 13.5 Å². The van der Waals surface area contributed by atoms with Crippen molar-refractivity contribution in [3.63, 3.8) is 0 Å². The summed E-state index contributed by atoms with van der Waals surface area (Å²) >= 11 is 0. The first-order valence-corrected chi connectivity index (χ1v) is 9.46. The standard InChI is InChI=1S/C20H17NO3S/c1-13-6-9-19(22)20(10-13)25(23,24)21-16-7-8-18-15(12-16)11-14-4-2-3-5-17(14)18/h2-10,12,21-22H,11H2,1H3. The van der Waals surface area contributed by atoms with Gasteiger partial charge in [-0.1, -0.05) is 36.4 Å². The van der Waals surface area contributed by atoms with Crippen molar-refractivity contribution in [1.29, 1.82) is 0 Å². The Morgan fingerprint density at radius 2 is 1.68 bits per heavy atom. The van der Waals surface area contributed by atoms with E-state index >= 15 is 0 Å². The third-order valence-corrected chi connectivity index (χ3v) is 5.86. The first kappa shape index (κ1) is 15.7. The molecular formula is C20H17NO3S. The minimum Gasteiger partial charge on any atom is -0.507 e. The number of sulfonamides is 1. The van der Waals surface area contributed by atoms with Gasteiger partial charge in [-0.3, -0.25) is 4.72 Å². The second-order valence-electron chi connectivity index (χ2n) is 6.28. The zero-order chi connectivity index (χ0) is 17.6. The van der Waals surface area contributed by atoms with Crippen LogP contribution in [0.3, 0.4) is 0 Å². The molecular weight excluding hydrogens is 334 g/mol. The Hall–Kier alpha value is -2.79. The Labute approximate surface area is 146 Å². The summed E-state index contributed by atoms with van der Waals surface area (Å²) in [5, 5.41) is 9.90. The van der Waals surface area contributed by atoms with Crippen LogP contribution in [0.5, 0.6) is 5.75 Å². The number of phenolic OH excluding ortho intramolecular Hbond substituents is 1. The zero-order valence-electron chi connectivity index (χ0n) is 13.7. The predicted octanol–water partition coefficient (Wildman–Crippen LogP) is 4.07. The van der Waals surface area contributed by atoms with E-state index in [0.29, 0.717) is 5.69 Å². The van der Waals surface area contributed by atoms with E-state index in [9.17, 15) is 13.5 Å². The second kappa shape index (κ2) is 5.63. The topological polar surface area (TPSA) is 66.4 Å². The Morgan fingerprint density at radius 3 is 2.52 bits per heavy atom. The average Bonchev–Trinajstić information content (AvgIpc) is 2.94. The van der Waals surface area contributed by atoms with Crippen molar-refractivity contribution in [1.82, 2.24) is 0 Å². The smallest absolute Gasteiger partial charge is 0.265 e. The molecule has 2 N–H and O–H groups in total. The Bertz CT molecular complexity index is 1090. The molecule has 25 heavy (non-hydrogen) atoms. The molecule has 0 bridgehead atoms. The van der Waals surface area contributed by atoms with Gasteiger partial charge in [0.2, 0.25) is 0 Å². The van der Waals surface area contributed by atoms with Gasteiger partial charge in [0.25, 0.3) is 10.0 Å². The molecule has 0 spiro atoms. The molecule has 0 aromatic heterocycles. The minimum atomic E-state index is -3.85. The summed E-state index contributed by atoms with van der Waals surface area (Å²) in [6, 6.07) is 18.3. The molecule has 0 atom stereocenters. The molecule has 0 aliphatic heterocycles. The van der Waals surface area contributed by atoms with Crippen molar-refractivity contribution in [2.45, 2.75) is 18.2 Å². The van der Waals surface area contributed by atoms with Crippen molar-refractivity contribution >= 4 is 15.7 Å². The van der Waals surface area contributed by atoms with E-state index in [4.69, 9.17) is 0 Å². The molecule has 3 aromatic carbocycles. The van der Waals surface area contributed by atoms with Crippen molar-refractivity contribution in [2.75, 3.05) is 4.72 Å². The quantitative estimate of drug-likeness (QED) is 0.585. The van der Waals surface area contributed by atoms with E-state index < -0.39 is 10.0 Å². The van der Waals surface area contributed by atoms with Gasteiger partial charge in [-0.15, -0.1) is 0 Å². The molecule has 0 saturated carbocycles. The number of anilines is 1. The fourth-order valence-electron chi connectivity index (χ4n) is 3.26. The van der Waals surface area contributed by atoms with E-state index in [1.807, 2.05) is 24.3 Å². The maximum absolute atomic E-state index is 12.6. The molecule has 5 heteroatoms. The lowest BCUT2D eigenvalue weighted by Crippen LogP contribution is -2.13. The third kappa shape index (κ3) is 2.76. The number of phenols is 1. The number of hydrogen-bond donors (Lipinski definition) is 2. The fourth-order valence-corrected chi connectivity index (χ4v) is 4.49. The van der Waals surface area contributed by atoms with Crippen LogP contribution in [0.1, 0.15) is 16.7 Å². The first-order valence-electron chi connectivity index (χ1n) is 7.98. The lowest BCUT2D eigenvalue weighted by Gasteiger charge is -2.11. The Kier molecular flexibility index (Phi) is 3.54. The zero-order valence-corrected chi connectivity index (χ0v) is 14.5. The van der Waals surface area contributed by atoms with Gasteiger partial charge in [0.15, 0.2) is 0 Å². The SMILES string of the molecule is Cc1ccc(O)c(S(=O)(=O)Nc2ccc3c(c2)Cc2ccccc2-3)c1. The van der Waals surface area contributed by atoms with Crippen LogP contribution in [-0.4, -0.2) is 13.5 Å². The predicted molar refractivity (Wildman–Crippen MR) is 98.3 cm³/mol. The molecule has 0 saturated heterocycles. The van der Waals surface area contributed by atoms with Crippen LogP contribution in [0.4, 0.5) is 5.69 Å². The molecule has 3 aromatic rings. The average molecular weight is 351 g/mol. The van der Waals surface area contributed by atoms with Gasteiger partial charge >= 0.3 is 0 Å². The van der Waals surface area contributed by atoms with Crippen molar-refractivity contribution in [3.8, 4) is 16.9 Å². The lowest BCUT2D eigenvalue weighted by atomic mass is 10.1. The van der Waals surface area contributed by atoms with Crippen LogP contribution in [-0.2, 0) is 16.4 Å². The highest BCUT2D eigenvalue weighted by molar-refractivity contribution is 7.92. The summed E-state index contributed by atoms with van der Waals surface area (Å²) in [4.78, 5) is -0.115. The van der Waals surface area contributed by atoms with Crippen LogP contribution in [0, 0.1) is 6.92 Å². The first-order chi connectivity index (χ1) is 11.9. The summed E-state index contributed by atoms with van der Waals surface area (Å²) in [6.45, 7) is 1.78. The monoisotopic (exact) mass is 351 g/mol. The molecule has 0 heterocycles. The molecule has 4 rings (SSSR count). The highest BCUT2D eigenvalue weighted by Gasteiger charge is 2.21. The van der Waals surface area contributed by atoms with Gasteiger partial charge in [-0.25, -0.2) is 8.42 Å². The molecule has 0 fully saturated rings. The highest BCUT2D eigenvalue weighted by Crippen LogP contribution is 2.38. The van der Waals surface area contributed by atoms with Crippen LogP contribution in [0.25, 0.3) is 11.1 Å². The fraction of sp³-hybridized carbons (Fsp3) is 0.100. The number of aryl methyl sites for hydroxylation is 1. The van der Waals surface area contributed by atoms with Gasteiger partial charge in [-0.2, -0.15) is 0 Å². The Balaban J connectivity index is 1.68. The molecule has 0 radical (unpaired) electrons. The summed E-state index contributed by atoms with van der Waals surface area (Å²) in [7, 11) is -3.85. The van der Waals surface area contributed by atoms with E-state index in [1.54, 1.807) is 19.1 Å². The second-order valence-corrected chi connectivity index (χ2v) is 7.93. The van der Waals surface area contributed by atoms with E-state index in [1.165, 1.54) is 23.3 Å². The van der Waals surface area contributed by atoms with E-state index in [2.05, 4.69) is 16.9 Å². The summed E-state index contributed by atoms with van der Waals surface area (Å²) in [5.74, 6) is -0.258. The van der Waals surface area contributed by atoms with E-state index in [0.717, 1.165) is 23.1 Å². The van der Waals surface area contributed by atoms with Gasteiger partial charge in [0, 0.05) is 5.69 Å². The lowest BCUT2D eigenvalue weighted by molar-refractivity contribution is 0.459. The largest absolute Gasteiger partial charge is 0.507 e. The van der Waals surface area contributed by atoms with Crippen molar-refractivity contribution in [3.05, 3.63) is 77.4 Å². The molecule has 1 aliphatic carbocycles. The number of aromatic hydroxyl groups is 1. The maximum atomic E-state index is 12.6. The minimum absolute atomic E-state index is 0.115. The number of nitrogens with one attached hydrogen (secondary N) is 1. The van der Waals surface area contributed by atoms with E-state index in [-0.39, 0.29) is 10.6 Å². The third-order valence-electron chi connectivity index (χ3n) is 4.45. The van der Waals surface area contributed by atoms with Crippen LogP contribution in [0.2, 0.25) is 0 Å². The molecule has 126 valence electrons. The van der Waals surface area contributed by atoms with Crippen LogP contribution < -0.4 is 4.72 Å². The normalized spacial score (nSPS) is 12.5.